The molecular formula is C21H36O2. The normalized spacial score (nSPS) is 55.8. The fraction of sp³-hybridized carbons (Fsp3) is 1.00. The van der Waals surface area contributed by atoms with Gasteiger partial charge in [0.15, 0.2) is 0 Å². The SMILES string of the molecule is CCO[C@@H]1CC[C@@]2(C)[C@@H](CC[C@@H]3[C@@H]2CC[C@]2(C)C(O)CC[C@@H]32)C1. The molecule has 0 heterocycles. The smallest absolute Gasteiger partial charge is 0.0596 e. The van der Waals surface area contributed by atoms with Gasteiger partial charge in [0, 0.05) is 6.61 Å². The molecule has 0 aromatic carbocycles. The molecule has 0 radical (unpaired) electrons. The first-order valence-corrected chi connectivity index (χ1v) is 10.3. The third kappa shape index (κ3) is 2.34. The Hall–Kier alpha value is -0.0800. The van der Waals surface area contributed by atoms with E-state index < -0.39 is 0 Å². The fourth-order valence-corrected chi connectivity index (χ4v) is 7.58. The molecule has 0 bridgehead atoms. The van der Waals surface area contributed by atoms with Crippen LogP contribution in [0.15, 0.2) is 0 Å². The summed E-state index contributed by atoms with van der Waals surface area (Å²) in [6.45, 7) is 8.02. The Bertz CT molecular complexity index is 449. The summed E-state index contributed by atoms with van der Waals surface area (Å²) in [6.07, 6.45) is 12.2. The van der Waals surface area contributed by atoms with E-state index in [4.69, 9.17) is 4.74 Å². The van der Waals surface area contributed by atoms with Gasteiger partial charge in [-0.3, -0.25) is 0 Å². The van der Waals surface area contributed by atoms with Crippen LogP contribution in [0.1, 0.15) is 78.6 Å². The quantitative estimate of drug-likeness (QED) is 0.792. The molecule has 0 aromatic rings. The van der Waals surface area contributed by atoms with Crippen molar-refractivity contribution in [3.63, 3.8) is 0 Å². The summed E-state index contributed by atoms with van der Waals surface area (Å²) in [7, 11) is 0. The molecule has 2 heteroatoms. The lowest BCUT2D eigenvalue weighted by Gasteiger charge is -2.60. The van der Waals surface area contributed by atoms with Crippen LogP contribution in [-0.4, -0.2) is 23.9 Å². The maximum absolute atomic E-state index is 10.5. The van der Waals surface area contributed by atoms with E-state index in [1.165, 1.54) is 51.4 Å². The summed E-state index contributed by atoms with van der Waals surface area (Å²) in [5.41, 5.74) is 0.776. The first kappa shape index (κ1) is 16.4. The molecule has 23 heavy (non-hydrogen) atoms. The van der Waals surface area contributed by atoms with Crippen molar-refractivity contribution in [2.45, 2.75) is 90.8 Å². The molecule has 0 saturated heterocycles. The van der Waals surface area contributed by atoms with Crippen molar-refractivity contribution in [2.24, 2.45) is 34.5 Å². The summed E-state index contributed by atoms with van der Waals surface area (Å²) in [6, 6.07) is 0. The molecule has 4 aliphatic carbocycles. The minimum absolute atomic E-state index is 0.0346. The van der Waals surface area contributed by atoms with Crippen molar-refractivity contribution >= 4 is 0 Å². The van der Waals surface area contributed by atoms with Gasteiger partial charge in [0.05, 0.1) is 12.2 Å². The average Bonchev–Trinajstić information content (AvgIpc) is 2.84. The number of hydrogen-bond acceptors (Lipinski definition) is 2. The van der Waals surface area contributed by atoms with Crippen LogP contribution in [0.3, 0.4) is 0 Å². The first-order chi connectivity index (χ1) is 11.0. The van der Waals surface area contributed by atoms with E-state index >= 15 is 0 Å². The molecule has 4 saturated carbocycles. The van der Waals surface area contributed by atoms with E-state index in [9.17, 15) is 5.11 Å². The second-order valence-corrected chi connectivity index (χ2v) is 9.65. The standard InChI is InChI=1S/C21H36O2/c1-4-23-15-9-11-20(2)14(13-15)5-6-16-17-7-8-19(22)21(17,3)12-10-18(16)20/h14-19,22H,4-13H2,1-3H3/t14-,15+,16-,17-,18-,19?,20-,21-/m0/s1. The Labute approximate surface area is 142 Å². The number of hydrogen-bond donors (Lipinski definition) is 1. The van der Waals surface area contributed by atoms with E-state index in [1.807, 2.05) is 0 Å². The highest BCUT2D eigenvalue weighted by molar-refractivity contribution is 5.09. The Morgan fingerprint density at radius 3 is 2.43 bits per heavy atom. The molecule has 2 nitrogen and oxygen atoms in total. The third-order valence-electron chi connectivity index (χ3n) is 8.97. The zero-order valence-corrected chi connectivity index (χ0v) is 15.4. The number of ether oxygens (including phenoxy) is 1. The lowest BCUT2D eigenvalue weighted by atomic mass is 9.45. The number of aliphatic hydroxyl groups excluding tert-OH is 1. The van der Waals surface area contributed by atoms with Crippen molar-refractivity contribution in [1.29, 1.82) is 0 Å². The zero-order chi connectivity index (χ0) is 16.2. The van der Waals surface area contributed by atoms with Gasteiger partial charge < -0.3 is 9.84 Å². The summed E-state index contributed by atoms with van der Waals surface area (Å²) in [5.74, 6) is 3.46. The predicted molar refractivity (Wildman–Crippen MR) is 93.1 cm³/mol. The third-order valence-corrected chi connectivity index (χ3v) is 8.97. The molecule has 1 unspecified atom stereocenters. The summed E-state index contributed by atoms with van der Waals surface area (Å²) in [4.78, 5) is 0. The molecule has 1 N–H and O–H groups in total. The Kier molecular flexibility index (Phi) is 4.08. The van der Waals surface area contributed by atoms with Gasteiger partial charge in [-0.05, 0) is 99.2 Å². The molecule has 4 aliphatic rings. The van der Waals surface area contributed by atoms with Crippen molar-refractivity contribution in [3.05, 3.63) is 0 Å². The van der Waals surface area contributed by atoms with Gasteiger partial charge in [-0.25, -0.2) is 0 Å². The molecule has 8 atom stereocenters. The molecular weight excluding hydrogens is 284 g/mol. The monoisotopic (exact) mass is 320 g/mol. The van der Waals surface area contributed by atoms with Crippen LogP contribution < -0.4 is 0 Å². The molecule has 0 aromatic heterocycles. The molecule has 0 amide bonds. The molecule has 4 fully saturated rings. The maximum atomic E-state index is 10.5. The number of aliphatic hydroxyl groups is 1. The summed E-state index contributed by atoms with van der Waals surface area (Å²) < 4.78 is 5.98. The van der Waals surface area contributed by atoms with E-state index in [2.05, 4.69) is 20.8 Å². The molecule has 0 aliphatic heterocycles. The van der Waals surface area contributed by atoms with Crippen LogP contribution >= 0.6 is 0 Å². The molecule has 4 rings (SSSR count). The zero-order valence-electron chi connectivity index (χ0n) is 15.4. The van der Waals surface area contributed by atoms with Crippen LogP contribution in [0.2, 0.25) is 0 Å². The van der Waals surface area contributed by atoms with Gasteiger partial charge in [-0.1, -0.05) is 13.8 Å². The lowest BCUT2D eigenvalue weighted by molar-refractivity contribution is -0.139. The van der Waals surface area contributed by atoms with Crippen molar-refractivity contribution < 1.29 is 9.84 Å². The van der Waals surface area contributed by atoms with Crippen LogP contribution in [0.4, 0.5) is 0 Å². The van der Waals surface area contributed by atoms with Crippen molar-refractivity contribution in [1.82, 2.24) is 0 Å². The van der Waals surface area contributed by atoms with Crippen LogP contribution in [0, 0.1) is 34.5 Å². The second-order valence-electron chi connectivity index (χ2n) is 9.65. The topological polar surface area (TPSA) is 29.5 Å². The number of rotatable bonds is 2. The van der Waals surface area contributed by atoms with Gasteiger partial charge in [0.2, 0.25) is 0 Å². The van der Waals surface area contributed by atoms with Gasteiger partial charge >= 0.3 is 0 Å². The van der Waals surface area contributed by atoms with Gasteiger partial charge in [0.25, 0.3) is 0 Å². The van der Waals surface area contributed by atoms with Crippen LogP contribution in [-0.2, 0) is 4.74 Å². The minimum atomic E-state index is -0.0346. The van der Waals surface area contributed by atoms with Crippen molar-refractivity contribution in [2.75, 3.05) is 6.61 Å². The highest BCUT2D eigenvalue weighted by Crippen LogP contribution is 2.66. The van der Waals surface area contributed by atoms with E-state index in [0.29, 0.717) is 11.5 Å². The van der Waals surface area contributed by atoms with E-state index in [0.717, 1.165) is 36.7 Å². The second kappa shape index (κ2) is 5.73. The van der Waals surface area contributed by atoms with Crippen molar-refractivity contribution in [3.8, 4) is 0 Å². The largest absolute Gasteiger partial charge is 0.393 e. The lowest BCUT2D eigenvalue weighted by Crippen LogP contribution is -2.54. The van der Waals surface area contributed by atoms with Gasteiger partial charge in [-0.2, -0.15) is 0 Å². The average molecular weight is 321 g/mol. The van der Waals surface area contributed by atoms with Gasteiger partial charge in [0.1, 0.15) is 0 Å². The van der Waals surface area contributed by atoms with Crippen LogP contribution in [0.5, 0.6) is 0 Å². The highest BCUT2D eigenvalue weighted by Gasteiger charge is 2.60. The predicted octanol–water partition coefficient (Wildman–Crippen LogP) is 4.80. The van der Waals surface area contributed by atoms with Crippen LogP contribution in [0.25, 0.3) is 0 Å². The summed E-state index contributed by atoms with van der Waals surface area (Å²) in [5, 5.41) is 10.5. The highest BCUT2D eigenvalue weighted by atomic mass is 16.5. The molecule has 132 valence electrons. The fourth-order valence-electron chi connectivity index (χ4n) is 7.58. The van der Waals surface area contributed by atoms with E-state index in [-0.39, 0.29) is 11.5 Å². The Morgan fingerprint density at radius 2 is 1.65 bits per heavy atom. The van der Waals surface area contributed by atoms with Gasteiger partial charge in [-0.15, -0.1) is 0 Å². The van der Waals surface area contributed by atoms with E-state index in [1.54, 1.807) is 0 Å². The minimum Gasteiger partial charge on any atom is -0.393 e. The number of fused-ring (bicyclic) bond motifs is 5. The Morgan fingerprint density at radius 1 is 0.913 bits per heavy atom. The maximum Gasteiger partial charge on any atom is 0.0596 e. The molecule has 0 spiro atoms. The Balaban J connectivity index is 1.55. The first-order valence-electron chi connectivity index (χ1n) is 10.3. The summed E-state index contributed by atoms with van der Waals surface area (Å²) >= 11 is 0.